The molecule has 0 unspecified atom stereocenters. The van der Waals surface area contributed by atoms with Crippen LogP contribution in [0.3, 0.4) is 0 Å². The molecule has 7 heteroatoms. The van der Waals surface area contributed by atoms with Crippen molar-refractivity contribution in [2.45, 2.75) is 27.7 Å². The molecular formula is C27H24N6O. The van der Waals surface area contributed by atoms with Crippen molar-refractivity contribution in [3.8, 4) is 6.07 Å². The molecule has 0 saturated carbocycles. The molecule has 0 atom stereocenters. The predicted octanol–water partition coefficient (Wildman–Crippen LogP) is 6.08. The summed E-state index contributed by atoms with van der Waals surface area (Å²) in [6.07, 6.45) is 0. The van der Waals surface area contributed by atoms with Crippen LogP contribution in [0.25, 0.3) is 20.8 Å². The van der Waals surface area contributed by atoms with Gasteiger partial charge in [-0.15, -0.1) is 0 Å². The minimum Gasteiger partial charge on any atom is -0.372 e. The van der Waals surface area contributed by atoms with Gasteiger partial charge in [0.15, 0.2) is 5.70 Å². The Bertz CT molecular complexity index is 1360. The van der Waals surface area contributed by atoms with Crippen LogP contribution in [0.1, 0.15) is 38.8 Å². The molecule has 0 aliphatic heterocycles. The van der Waals surface area contributed by atoms with Crippen molar-refractivity contribution in [3.05, 3.63) is 87.8 Å². The van der Waals surface area contributed by atoms with Crippen LogP contribution in [0.5, 0.6) is 0 Å². The number of carbonyl (C=O) groups excluding carboxylic acids is 1. The number of allylic oxidation sites excluding steroid dienone is 4. The Kier molecular flexibility index (Phi) is 7.26. The first-order valence-electron chi connectivity index (χ1n) is 10.9. The highest BCUT2D eigenvalue weighted by Crippen LogP contribution is 2.44. The van der Waals surface area contributed by atoms with Crippen LogP contribution >= 0.6 is 0 Å². The summed E-state index contributed by atoms with van der Waals surface area (Å²) in [4.78, 5) is 26.0. The van der Waals surface area contributed by atoms with Crippen LogP contribution in [0, 0.1) is 24.5 Å². The Morgan fingerprint density at radius 2 is 1.71 bits per heavy atom. The van der Waals surface area contributed by atoms with Gasteiger partial charge >= 0.3 is 0 Å². The molecule has 34 heavy (non-hydrogen) atoms. The van der Waals surface area contributed by atoms with Crippen molar-refractivity contribution in [2.24, 2.45) is 4.99 Å². The molecule has 0 radical (unpaired) electrons. The zero-order valence-corrected chi connectivity index (χ0v) is 19.6. The zero-order valence-electron chi connectivity index (χ0n) is 19.6. The number of carbonyl (C=O) groups is 1. The van der Waals surface area contributed by atoms with Crippen molar-refractivity contribution in [2.75, 3.05) is 23.3 Å². The Labute approximate surface area is 200 Å². The predicted molar refractivity (Wildman–Crippen MR) is 136 cm³/mol. The lowest BCUT2D eigenvalue weighted by molar-refractivity contribution is -0.114. The number of aliphatic imine (C=N–C) groups is 1. The molecule has 2 aromatic rings. The maximum absolute atomic E-state index is 12.0. The molecule has 168 valence electrons. The van der Waals surface area contributed by atoms with Crippen molar-refractivity contribution >= 4 is 39.8 Å². The molecular weight excluding hydrogens is 424 g/mol. The van der Waals surface area contributed by atoms with Gasteiger partial charge in [0.1, 0.15) is 0 Å². The molecule has 3 rings (SSSR count). The molecule has 0 heterocycles. The largest absolute Gasteiger partial charge is 0.372 e. The molecule has 1 N–H and O–H groups in total. The summed E-state index contributed by atoms with van der Waals surface area (Å²) in [5, 5.41) is 12.5. The third-order valence-corrected chi connectivity index (χ3v) is 5.58. The smallest absolute Gasteiger partial charge is 0.271 e. The van der Waals surface area contributed by atoms with Crippen LogP contribution in [-0.4, -0.2) is 24.7 Å². The van der Waals surface area contributed by atoms with E-state index in [2.05, 4.69) is 33.8 Å². The van der Waals surface area contributed by atoms with Crippen LogP contribution in [0.4, 0.5) is 17.1 Å². The molecule has 0 saturated heterocycles. The third-order valence-electron chi connectivity index (χ3n) is 5.58. The Morgan fingerprint density at radius 1 is 1.06 bits per heavy atom. The molecule has 0 spiro atoms. The maximum Gasteiger partial charge on any atom is 0.271 e. The van der Waals surface area contributed by atoms with Gasteiger partial charge in [-0.2, -0.15) is 0 Å². The SMILES string of the molecule is [C-]#[N+]/C(C)=C1/C(=Nc2ccc(N(CC)CC)cc2NC(C)=O)/C(=C(\C#N)[N+]#[C-])c2ccccc21. The monoisotopic (exact) mass is 448 g/mol. The minimum absolute atomic E-state index is 0.0974. The van der Waals surface area contributed by atoms with E-state index in [0.717, 1.165) is 24.3 Å². The van der Waals surface area contributed by atoms with E-state index in [-0.39, 0.29) is 11.6 Å². The summed E-state index contributed by atoms with van der Waals surface area (Å²) in [6.45, 7) is 24.0. The van der Waals surface area contributed by atoms with Gasteiger partial charge in [-0.25, -0.2) is 19.9 Å². The third kappa shape index (κ3) is 4.44. The summed E-state index contributed by atoms with van der Waals surface area (Å²) >= 11 is 0. The molecule has 7 nitrogen and oxygen atoms in total. The first-order valence-corrected chi connectivity index (χ1v) is 10.9. The van der Waals surface area contributed by atoms with E-state index in [0.29, 0.717) is 39.5 Å². The number of benzene rings is 2. The quantitative estimate of drug-likeness (QED) is 0.445. The van der Waals surface area contributed by atoms with Crippen molar-refractivity contribution in [3.63, 3.8) is 0 Å². The summed E-state index contributed by atoms with van der Waals surface area (Å²) in [7, 11) is 0. The fourth-order valence-electron chi connectivity index (χ4n) is 4.03. The average molecular weight is 449 g/mol. The number of nitriles is 1. The summed E-state index contributed by atoms with van der Waals surface area (Å²) in [6, 6.07) is 14.9. The Balaban J connectivity index is 2.37. The average Bonchev–Trinajstić information content (AvgIpc) is 3.15. The van der Waals surface area contributed by atoms with Gasteiger partial charge in [0, 0.05) is 36.8 Å². The number of nitrogens with one attached hydrogen (secondary N) is 1. The number of amides is 1. The second kappa shape index (κ2) is 10.3. The van der Waals surface area contributed by atoms with Gasteiger partial charge in [-0.05, 0) is 50.1 Å². The van der Waals surface area contributed by atoms with E-state index in [1.54, 1.807) is 13.0 Å². The Hall–Kier alpha value is -4.67. The number of hydrogen-bond donors (Lipinski definition) is 1. The van der Waals surface area contributed by atoms with Gasteiger partial charge < -0.3 is 10.2 Å². The van der Waals surface area contributed by atoms with E-state index >= 15 is 0 Å². The van der Waals surface area contributed by atoms with E-state index in [1.807, 2.05) is 42.5 Å². The normalized spacial score (nSPS) is 16.1. The lowest BCUT2D eigenvalue weighted by Crippen LogP contribution is -2.22. The first-order chi connectivity index (χ1) is 16.4. The summed E-state index contributed by atoms with van der Waals surface area (Å²) < 4.78 is 0. The number of rotatable bonds is 5. The molecule has 2 aromatic carbocycles. The van der Waals surface area contributed by atoms with Gasteiger partial charge in [-0.3, -0.25) is 4.79 Å². The zero-order chi connectivity index (χ0) is 24.8. The number of nitrogens with zero attached hydrogens (tertiary/aromatic N) is 5. The second-order valence-electron chi connectivity index (χ2n) is 7.58. The van der Waals surface area contributed by atoms with Gasteiger partial charge in [0.05, 0.1) is 36.3 Å². The van der Waals surface area contributed by atoms with Crippen LogP contribution in [0.15, 0.2) is 58.9 Å². The topological polar surface area (TPSA) is 77.2 Å². The van der Waals surface area contributed by atoms with Crippen LogP contribution < -0.4 is 10.2 Å². The summed E-state index contributed by atoms with van der Waals surface area (Å²) in [5.41, 5.74) is 5.04. The number of fused-ring (bicyclic) bond motifs is 1. The van der Waals surface area contributed by atoms with Crippen molar-refractivity contribution in [1.82, 2.24) is 0 Å². The highest BCUT2D eigenvalue weighted by Gasteiger charge is 2.32. The molecule has 0 fully saturated rings. The van der Waals surface area contributed by atoms with Crippen LogP contribution in [-0.2, 0) is 4.79 Å². The fraction of sp³-hybridized carbons (Fsp3) is 0.222. The Morgan fingerprint density at radius 3 is 2.24 bits per heavy atom. The van der Waals surface area contributed by atoms with Gasteiger partial charge in [-0.1, -0.05) is 24.3 Å². The number of hydrogen-bond acceptors (Lipinski definition) is 4. The van der Waals surface area contributed by atoms with E-state index in [9.17, 15) is 10.1 Å². The molecule has 1 aliphatic rings. The molecule has 1 amide bonds. The molecule has 0 bridgehead atoms. The second-order valence-corrected chi connectivity index (χ2v) is 7.58. The van der Waals surface area contributed by atoms with E-state index in [1.165, 1.54) is 6.92 Å². The minimum atomic E-state index is -0.240. The van der Waals surface area contributed by atoms with E-state index in [4.69, 9.17) is 18.1 Å². The van der Waals surface area contributed by atoms with Gasteiger partial charge in [0.25, 0.3) is 5.70 Å². The van der Waals surface area contributed by atoms with E-state index < -0.39 is 0 Å². The van der Waals surface area contributed by atoms with Gasteiger partial charge in [0.2, 0.25) is 5.91 Å². The highest BCUT2D eigenvalue weighted by molar-refractivity contribution is 6.51. The molecule has 1 aliphatic carbocycles. The van der Waals surface area contributed by atoms with Crippen molar-refractivity contribution < 1.29 is 4.79 Å². The summed E-state index contributed by atoms with van der Waals surface area (Å²) in [5.74, 6) is -0.240. The standard InChI is InChI=1S/C27H24N6O/c1-7-33(8-2)19-13-14-22(23(15-19)31-18(4)34)32-27-25(17(3)29-5)20-11-9-10-12-21(20)26(27)24(16-28)30-6/h9-15H,7-8H2,1-4H3,(H,31,34)/b25-17+,26-24+,32-27?. The maximum atomic E-state index is 12.0. The van der Waals surface area contributed by atoms with Crippen LogP contribution in [0.2, 0.25) is 0 Å². The first kappa shape index (κ1) is 24.0. The molecule has 0 aromatic heterocycles. The highest BCUT2D eigenvalue weighted by atomic mass is 16.1. The number of anilines is 2. The lowest BCUT2D eigenvalue weighted by atomic mass is 10.0. The van der Waals surface area contributed by atoms with Crippen molar-refractivity contribution in [1.29, 1.82) is 5.26 Å². The fourth-order valence-corrected chi connectivity index (χ4v) is 4.03. The lowest BCUT2D eigenvalue weighted by Gasteiger charge is -2.22.